The molecule has 0 heterocycles. The lowest BCUT2D eigenvalue weighted by atomic mass is 9.83. The van der Waals surface area contributed by atoms with E-state index < -0.39 is 30.1 Å². The summed E-state index contributed by atoms with van der Waals surface area (Å²) in [6.07, 6.45) is 0.435. The van der Waals surface area contributed by atoms with E-state index in [1.165, 1.54) is 13.8 Å². The second kappa shape index (κ2) is 6.37. The lowest BCUT2D eigenvalue weighted by Gasteiger charge is -2.34. The molecule has 6 heteroatoms. The first-order valence-electron chi connectivity index (χ1n) is 5.91. The van der Waals surface area contributed by atoms with Crippen molar-refractivity contribution in [3.63, 3.8) is 0 Å². The Bertz CT molecular complexity index is 279. The van der Waals surface area contributed by atoms with E-state index in [4.69, 9.17) is 9.47 Å². The van der Waals surface area contributed by atoms with Crippen LogP contribution in [0.25, 0.3) is 0 Å². The van der Waals surface area contributed by atoms with Gasteiger partial charge in [-0.2, -0.15) is 0 Å². The lowest BCUT2D eigenvalue weighted by molar-refractivity contribution is -0.307. The Balaban J connectivity index is 2.62. The maximum absolute atomic E-state index is 10.9. The summed E-state index contributed by atoms with van der Waals surface area (Å²) in [5.41, 5.74) is 0. The Morgan fingerprint density at radius 3 is 1.78 bits per heavy atom. The number of hydrogen-bond donors (Lipinski definition) is 0. The zero-order valence-electron chi connectivity index (χ0n) is 10.5. The Labute approximate surface area is 105 Å². The first kappa shape index (κ1) is 14.5. The van der Waals surface area contributed by atoms with Crippen molar-refractivity contribution in [1.29, 1.82) is 0 Å². The van der Waals surface area contributed by atoms with Crippen LogP contribution in [-0.4, -0.2) is 30.1 Å². The molecular weight excluding hydrogens is 240 g/mol. The minimum Gasteiger partial charge on any atom is -0.550 e. The molecule has 0 aromatic heterocycles. The zero-order valence-corrected chi connectivity index (χ0v) is 10.5. The molecule has 0 bridgehead atoms. The lowest BCUT2D eigenvalue weighted by Crippen LogP contribution is -2.37. The van der Waals surface area contributed by atoms with Gasteiger partial charge in [0.25, 0.3) is 0 Å². The number of esters is 2. The number of carboxylic acid groups (broad SMARTS) is 1. The molecule has 1 saturated carbocycles. The molecule has 1 fully saturated rings. The van der Waals surface area contributed by atoms with E-state index in [-0.39, 0.29) is 12.3 Å². The highest BCUT2D eigenvalue weighted by Gasteiger charge is 2.32. The molecule has 0 amide bonds. The van der Waals surface area contributed by atoms with Gasteiger partial charge < -0.3 is 19.4 Å². The highest BCUT2D eigenvalue weighted by atomic mass is 16.6. The number of carbonyl (C=O) groups is 3. The van der Waals surface area contributed by atoms with E-state index in [0.29, 0.717) is 19.3 Å². The third-order valence-corrected chi connectivity index (χ3v) is 2.84. The molecule has 6 nitrogen and oxygen atoms in total. The Morgan fingerprint density at radius 2 is 1.44 bits per heavy atom. The van der Waals surface area contributed by atoms with Gasteiger partial charge in [0, 0.05) is 26.2 Å². The third-order valence-electron chi connectivity index (χ3n) is 2.84. The SMILES string of the molecule is CC(=O)OC1CC(CC(=O)[O-])CC(OC(C)=O)C1. The first-order valence-corrected chi connectivity index (χ1v) is 5.91. The number of carbonyl (C=O) groups excluding carboxylic acids is 3. The maximum atomic E-state index is 10.9. The summed E-state index contributed by atoms with van der Waals surface area (Å²) in [6, 6.07) is 0. The van der Waals surface area contributed by atoms with Crippen LogP contribution in [-0.2, 0) is 23.9 Å². The Morgan fingerprint density at radius 1 is 1.00 bits per heavy atom. The average Bonchev–Trinajstić information content (AvgIpc) is 2.12. The highest BCUT2D eigenvalue weighted by Crippen LogP contribution is 2.30. The topological polar surface area (TPSA) is 92.7 Å². The largest absolute Gasteiger partial charge is 0.550 e. The van der Waals surface area contributed by atoms with Crippen LogP contribution < -0.4 is 5.11 Å². The minimum atomic E-state index is -1.15. The van der Waals surface area contributed by atoms with E-state index >= 15 is 0 Å². The van der Waals surface area contributed by atoms with Crippen molar-refractivity contribution in [3.8, 4) is 0 Å². The van der Waals surface area contributed by atoms with Crippen molar-refractivity contribution < 1.29 is 29.0 Å². The Kier molecular flexibility index (Phi) is 5.12. The molecule has 0 aromatic carbocycles. The van der Waals surface area contributed by atoms with Crippen LogP contribution in [0, 0.1) is 5.92 Å². The molecule has 1 aliphatic carbocycles. The van der Waals surface area contributed by atoms with Gasteiger partial charge in [0.2, 0.25) is 0 Å². The predicted octanol–water partition coefficient (Wildman–Crippen LogP) is -0.210. The molecule has 2 unspecified atom stereocenters. The summed E-state index contributed by atoms with van der Waals surface area (Å²) < 4.78 is 10.1. The van der Waals surface area contributed by atoms with Crippen molar-refractivity contribution in [1.82, 2.24) is 0 Å². The van der Waals surface area contributed by atoms with Gasteiger partial charge >= 0.3 is 11.9 Å². The van der Waals surface area contributed by atoms with E-state index in [1.807, 2.05) is 0 Å². The van der Waals surface area contributed by atoms with Crippen LogP contribution in [0.3, 0.4) is 0 Å². The third kappa shape index (κ3) is 5.16. The predicted molar refractivity (Wildman–Crippen MR) is 58.1 cm³/mol. The summed E-state index contributed by atoms with van der Waals surface area (Å²) in [6.45, 7) is 2.59. The van der Waals surface area contributed by atoms with Crippen molar-refractivity contribution >= 4 is 17.9 Å². The van der Waals surface area contributed by atoms with E-state index in [1.54, 1.807) is 0 Å². The van der Waals surface area contributed by atoms with Crippen molar-refractivity contribution in [2.45, 2.75) is 51.7 Å². The van der Waals surface area contributed by atoms with Gasteiger partial charge in [0.15, 0.2) is 0 Å². The van der Waals surface area contributed by atoms with Gasteiger partial charge in [-0.1, -0.05) is 0 Å². The maximum Gasteiger partial charge on any atom is 0.302 e. The zero-order chi connectivity index (χ0) is 13.7. The fourth-order valence-corrected chi connectivity index (χ4v) is 2.39. The highest BCUT2D eigenvalue weighted by molar-refractivity contribution is 5.67. The van der Waals surface area contributed by atoms with E-state index in [0.717, 1.165) is 0 Å². The van der Waals surface area contributed by atoms with Gasteiger partial charge in [0.05, 0.1) is 0 Å². The number of rotatable bonds is 4. The van der Waals surface area contributed by atoms with Crippen LogP contribution >= 0.6 is 0 Å². The Hall–Kier alpha value is -1.59. The average molecular weight is 257 g/mol. The summed E-state index contributed by atoms with van der Waals surface area (Å²) in [5.74, 6) is -2.19. The second-order valence-electron chi connectivity index (χ2n) is 4.61. The number of carboxylic acids is 1. The van der Waals surface area contributed by atoms with Crippen LogP contribution in [0.4, 0.5) is 0 Å². The molecule has 18 heavy (non-hydrogen) atoms. The smallest absolute Gasteiger partial charge is 0.302 e. The van der Waals surface area contributed by atoms with E-state index in [9.17, 15) is 19.5 Å². The molecule has 0 aromatic rings. The fourth-order valence-electron chi connectivity index (χ4n) is 2.39. The summed E-state index contributed by atoms with van der Waals surface area (Å²) >= 11 is 0. The molecule has 0 spiro atoms. The van der Waals surface area contributed by atoms with Gasteiger partial charge in [-0.05, 0) is 25.2 Å². The number of ether oxygens (including phenoxy) is 2. The summed E-state index contributed by atoms with van der Waals surface area (Å²) in [5, 5.41) is 10.6. The number of aliphatic carboxylic acids is 1. The normalized spacial score (nSPS) is 27.3. The van der Waals surface area contributed by atoms with Gasteiger partial charge in [-0.3, -0.25) is 9.59 Å². The van der Waals surface area contributed by atoms with Crippen LogP contribution in [0.15, 0.2) is 0 Å². The molecule has 0 radical (unpaired) electrons. The molecular formula is C12H17O6-. The van der Waals surface area contributed by atoms with Crippen molar-refractivity contribution in [2.75, 3.05) is 0 Å². The fraction of sp³-hybridized carbons (Fsp3) is 0.750. The van der Waals surface area contributed by atoms with Gasteiger partial charge in [-0.25, -0.2) is 0 Å². The molecule has 0 saturated heterocycles. The standard InChI is InChI=1S/C12H18O6/c1-7(13)17-10-3-9(5-12(15)16)4-11(6-10)18-8(2)14/h9-11H,3-6H2,1-2H3,(H,15,16)/p-1. The molecule has 0 N–H and O–H groups in total. The molecule has 0 aliphatic heterocycles. The number of hydrogen-bond acceptors (Lipinski definition) is 6. The van der Waals surface area contributed by atoms with Crippen LogP contribution in [0.5, 0.6) is 0 Å². The summed E-state index contributed by atoms with van der Waals surface area (Å²) in [4.78, 5) is 32.4. The minimum absolute atomic E-state index is 0.116. The molecule has 1 aliphatic rings. The summed E-state index contributed by atoms with van der Waals surface area (Å²) in [7, 11) is 0. The monoisotopic (exact) mass is 257 g/mol. The van der Waals surface area contributed by atoms with Crippen LogP contribution in [0.2, 0.25) is 0 Å². The molecule has 2 atom stereocenters. The first-order chi connectivity index (χ1) is 8.36. The van der Waals surface area contributed by atoms with E-state index in [2.05, 4.69) is 0 Å². The quantitative estimate of drug-likeness (QED) is 0.647. The molecule has 1 rings (SSSR count). The molecule has 102 valence electrons. The van der Waals surface area contributed by atoms with Crippen molar-refractivity contribution in [2.24, 2.45) is 5.92 Å². The van der Waals surface area contributed by atoms with Gasteiger partial charge in [0.1, 0.15) is 12.2 Å². The van der Waals surface area contributed by atoms with Crippen molar-refractivity contribution in [3.05, 3.63) is 0 Å². The second-order valence-corrected chi connectivity index (χ2v) is 4.61. The van der Waals surface area contributed by atoms with Gasteiger partial charge in [-0.15, -0.1) is 0 Å². The van der Waals surface area contributed by atoms with Crippen LogP contribution in [0.1, 0.15) is 39.5 Å².